The van der Waals surface area contributed by atoms with Crippen LogP contribution in [0.4, 0.5) is 5.69 Å². The summed E-state index contributed by atoms with van der Waals surface area (Å²) in [6.45, 7) is 0.529. The van der Waals surface area contributed by atoms with Crippen molar-refractivity contribution in [1.29, 1.82) is 0 Å². The third-order valence-corrected chi connectivity index (χ3v) is 6.92. The first-order chi connectivity index (χ1) is 17.6. The molecule has 0 fully saturated rings. The van der Waals surface area contributed by atoms with Gasteiger partial charge < -0.3 is 4.74 Å². The second kappa shape index (κ2) is 12.6. The van der Waals surface area contributed by atoms with Crippen molar-refractivity contribution in [1.82, 2.24) is 10.2 Å². The van der Waals surface area contributed by atoms with Crippen LogP contribution in [0.2, 0.25) is 0 Å². The van der Waals surface area contributed by atoms with Crippen molar-refractivity contribution in [3.8, 4) is 16.3 Å². The van der Waals surface area contributed by atoms with Crippen LogP contribution in [0.3, 0.4) is 0 Å². The summed E-state index contributed by atoms with van der Waals surface area (Å²) < 4.78 is 6.70. The summed E-state index contributed by atoms with van der Waals surface area (Å²) in [6.07, 6.45) is 6.09. The van der Waals surface area contributed by atoms with Gasteiger partial charge in [0.1, 0.15) is 10.8 Å². The smallest absolute Gasteiger partial charge is 0.270 e. The molecule has 1 aromatic heterocycles. The normalized spacial score (nSPS) is 11.2. The minimum absolute atomic E-state index is 0.0153. The number of nitro benzene ring substituents is 1. The maximum atomic E-state index is 12.1. The Morgan fingerprint density at radius 3 is 2.44 bits per heavy atom. The number of aromatic nitrogens is 2. The van der Waals surface area contributed by atoms with Crippen molar-refractivity contribution in [2.75, 3.05) is 12.4 Å². The second-order valence-electron chi connectivity index (χ2n) is 7.43. The van der Waals surface area contributed by atoms with Gasteiger partial charge in [0, 0.05) is 23.4 Å². The van der Waals surface area contributed by atoms with Gasteiger partial charge in [0.15, 0.2) is 10.1 Å². The molecular formula is C27H21N3O4S2. The van der Waals surface area contributed by atoms with E-state index in [0.717, 1.165) is 32.0 Å². The zero-order chi connectivity index (χ0) is 25.2. The van der Waals surface area contributed by atoms with Crippen molar-refractivity contribution in [3.05, 3.63) is 112 Å². The first kappa shape index (κ1) is 25.0. The number of carbonyl (C=O) groups is 1. The highest BCUT2D eigenvalue weighted by Gasteiger charge is 2.07. The van der Waals surface area contributed by atoms with Crippen molar-refractivity contribution in [3.63, 3.8) is 0 Å². The molecule has 0 spiro atoms. The largest absolute Gasteiger partial charge is 0.493 e. The Hall–Kier alpha value is -4.08. The van der Waals surface area contributed by atoms with Gasteiger partial charge in [-0.3, -0.25) is 14.9 Å². The van der Waals surface area contributed by atoms with Gasteiger partial charge in [0.25, 0.3) is 5.69 Å². The van der Waals surface area contributed by atoms with E-state index in [-0.39, 0.29) is 11.5 Å². The van der Waals surface area contributed by atoms with Crippen LogP contribution >= 0.6 is 23.1 Å². The van der Waals surface area contributed by atoms with Crippen LogP contribution in [0.25, 0.3) is 22.7 Å². The van der Waals surface area contributed by atoms with E-state index in [1.807, 2.05) is 54.6 Å². The first-order valence-electron chi connectivity index (χ1n) is 11.0. The average Bonchev–Trinajstić information content (AvgIpc) is 3.39. The van der Waals surface area contributed by atoms with Crippen molar-refractivity contribution in [2.24, 2.45) is 0 Å². The van der Waals surface area contributed by atoms with Gasteiger partial charge in [-0.1, -0.05) is 89.8 Å². The quantitative estimate of drug-likeness (QED) is 0.0732. The van der Waals surface area contributed by atoms with Crippen LogP contribution in [0.5, 0.6) is 5.75 Å². The maximum Gasteiger partial charge on any atom is 0.270 e. The first-order valence-corrected chi connectivity index (χ1v) is 12.8. The number of benzene rings is 3. The standard InChI is InChI=1S/C27H21N3O4S2/c31-24(14-10-21-5-4-8-23(19-21)30(32)33)13-9-20-11-15-25(16-12-20)34-17-18-35-27-29-28-26(36-27)22-6-2-1-3-7-22/h1-16,19H,17-18H2/b13-9+,14-10+. The molecule has 180 valence electrons. The number of hydrogen-bond donors (Lipinski definition) is 0. The van der Waals surface area contributed by atoms with Crippen LogP contribution in [-0.2, 0) is 4.79 Å². The molecule has 0 aliphatic heterocycles. The minimum Gasteiger partial charge on any atom is -0.493 e. The molecule has 36 heavy (non-hydrogen) atoms. The molecule has 0 bridgehead atoms. The highest BCUT2D eigenvalue weighted by Crippen LogP contribution is 2.29. The van der Waals surface area contributed by atoms with Crippen molar-refractivity contribution >= 4 is 46.7 Å². The summed E-state index contributed by atoms with van der Waals surface area (Å²) >= 11 is 3.17. The van der Waals surface area contributed by atoms with Crippen molar-refractivity contribution in [2.45, 2.75) is 4.34 Å². The molecule has 0 aliphatic carbocycles. The Morgan fingerprint density at radius 2 is 1.69 bits per heavy atom. The highest BCUT2D eigenvalue weighted by molar-refractivity contribution is 8.01. The van der Waals surface area contributed by atoms with Crippen LogP contribution in [0, 0.1) is 10.1 Å². The topological polar surface area (TPSA) is 95.2 Å². The Kier molecular flexibility index (Phi) is 8.74. The fourth-order valence-electron chi connectivity index (χ4n) is 3.08. The fourth-order valence-corrected chi connectivity index (χ4v) is 4.83. The Morgan fingerprint density at radius 1 is 0.944 bits per heavy atom. The van der Waals surface area contributed by atoms with Gasteiger partial charge in [-0.05, 0) is 35.4 Å². The lowest BCUT2D eigenvalue weighted by Crippen LogP contribution is -1.99. The SMILES string of the molecule is O=C(/C=C/c1ccc(OCCSc2nnc(-c3ccccc3)s2)cc1)/C=C/c1cccc([N+](=O)[O-])c1. The molecule has 4 rings (SSSR count). The van der Waals surface area contributed by atoms with E-state index in [2.05, 4.69) is 10.2 Å². The number of allylic oxidation sites excluding steroid dienone is 2. The highest BCUT2D eigenvalue weighted by atomic mass is 32.2. The van der Waals surface area contributed by atoms with E-state index >= 15 is 0 Å². The monoisotopic (exact) mass is 515 g/mol. The Balaban J connectivity index is 1.21. The Labute approximate surface area is 216 Å². The number of ketones is 1. The zero-order valence-electron chi connectivity index (χ0n) is 19.0. The lowest BCUT2D eigenvalue weighted by Gasteiger charge is -2.05. The fraction of sp³-hybridized carbons (Fsp3) is 0.0741. The summed E-state index contributed by atoms with van der Waals surface area (Å²) in [5.74, 6) is 1.27. The number of carbonyl (C=O) groups excluding carboxylic acids is 1. The van der Waals surface area contributed by atoms with Crippen LogP contribution in [0.15, 0.2) is 95.4 Å². The molecule has 9 heteroatoms. The van der Waals surface area contributed by atoms with Crippen LogP contribution in [-0.4, -0.2) is 33.3 Å². The van der Waals surface area contributed by atoms with E-state index in [0.29, 0.717) is 12.2 Å². The number of thioether (sulfide) groups is 1. The lowest BCUT2D eigenvalue weighted by molar-refractivity contribution is -0.384. The number of rotatable bonds is 11. The van der Waals surface area contributed by atoms with Gasteiger partial charge in [-0.25, -0.2) is 0 Å². The molecule has 0 aliphatic rings. The molecule has 0 unspecified atom stereocenters. The van der Waals surface area contributed by atoms with E-state index in [1.165, 1.54) is 24.3 Å². The Bertz CT molecular complexity index is 1380. The molecule has 3 aromatic carbocycles. The molecule has 7 nitrogen and oxygen atoms in total. The predicted octanol–water partition coefficient (Wildman–Crippen LogP) is 6.58. The summed E-state index contributed by atoms with van der Waals surface area (Å²) in [4.78, 5) is 22.5. The summed E-state index contributed by atoms with van der Waals surface area (Å²) in [6, 6.07) is 23.5. The molecule has 1 heterocycles. The van der Waals surface area contributed by atoms with Gasteiger partial charge in [0.05, 0.1) is 11.5 Å². The predicted molar refractivity (Wildman–Crippen MR) is 144 cm³/mol. The molecule has 0 N–H and O–H groups in total. The number of nitrogens with zero attached hydrogens (tertiary/aromatic N) is 3. The molecule has 4 aromatic rings. The van der Waals surface area contributed by atoms with Crippen LogP contribution in [0.1, 0.15) is 11.1 Å². The molecule has 0 amide bonds. The number of non-ortho nitro benzene ring substituents is 1. The van der Waals surface area contributed by atoms with Gasteiger partial charge in [0.2, 0.25) is 0 Å². The van der Waals surface area contributed by atoms with Gasteiger partial charge in [-0.2, -0.15) is 0 Å². The number of hydrogen-bond acceptors (Lipinski definition) is 8. The third kappa shape index (κ3) is 7.46. The molecule has 0 radical (unpaired) electrons. The number of ether oxygens (including phenoxy) is 1. The average molecular weight is 516 g/mol. The molecule has 0 saturated carbocycles. The van der Waals surface area contributed by atoms with Crippen molar-refractivity contribution < 1.29 is 14.5 Å². The van der Waals surface area contributed by atoms with Crippen LogP contribution < -0.4 is 4.74 Å². The van der Waals surface area contributed by atoms with Gasteiger partial charge >= 0.3 is 0 Å². The van der Waals surface area contributed by atoms with Gasteiger partial charge in [-0.15, -0.1) is 10.2 Å². The summed E-state index contributed by atoms with van der Waals surface area (Å²) in [5.41, 5.74) is 2.50. The molecular weight excluding hydrogens is 494 g/mol. The second-order valence-corrected chi connectivity index (χ2v) is 9.75. The summed E-state index contributed by atoms with van der Waals surface area (Å²) in [7, 11) is 0. The third-order valence-electron chi connectivity index (χ3n) is 4.85. The van der Waals surface area contributed by atoms with E-state index in [9.17, 15) is 14.9 Å². The molecule has 0 atom stereocenters. The van der Waals surface area contributed by atoms with E-state index in [4.69, 9.17) is 4.74 Å². The lowest BCUT2D eigenvalue weighted by atomic mass is 10.1. The van der Waals surface area contributed by atoms with E-state index < -0.39 is 4.92 Å². The maximum absolute atomic E-state index is 12.1. The zero-order valence-corrected chi connectivity index (χ0v) is 20.7. The minimum atomic E-state index is -0.467. The number of nitro groups is 1. The summed E-state index contributed by atoms with van der Waals surface area (Å²) in [5, 5.41) is 20.2. The molecule has 0 saturated heterocycles. The van der Waals surface area contributed by atoms with E-state index in [1.54, 1.807) is 47.4 Å².